The molecule has 2 heterocycles. The van der Waals surface area contributed by atoms with Crippen molar-refractivity contribution in [2.45, 2.75) is 18.9 Å². The molecule has 4 rings (SSSR count). The summed E-state index contributed by atoms with van der Waals surface area (Å²) >= 11 is 0. The van der Waals surface area contributed by atoms with Gasteiger partial charge in [0.05, 0.1) is 23.6 Å². The SMILES string of the molecule is Oc1ccc(-c2cnn(-c3ccccc3)c2C2CCCN2)cc1. The molecular formula is C19H19N3O. The summed E-state index contributed by atoms with van der Waals surface area (Å²) in [6.07, 6.45) is 4.22. The minimum atomic E-state index is 0.282. The molecule has 1 unspecified atom stereocenters. The molecule has 0 radical (unpaired) electrons. The molecule has 0 aliphatic carbocycles. The van der Waals surface area contributed by atoms with Crippen molar-refractivity contribution in [2.75, 3.05) is 6.54 Å². The van der Waals surface area contributed by atoms with E-state index >= 15 is 0 Å². The van der Waals surface area contributed by atoms with Gasteiger partial charge in [0.15, 0.2) is 0 Å². The van der Waals surface area contributed by atoms with Crippen molar-refractivity contribution in [3.8, 4) is 22.6 Å². The molecule has 4 heteroatoms. The highest BCUT2D eigenvalue weighted by molar-refractivity contribution is 5.67. The number of phenolic OH excluding ortho intramolecular Hbond substituents is 1. The van der Waals surface area contributed by atoms with Crippen molar-refractivity contribution >= 4 is 0 Å². The number of nitrogens with zero attached hydrogens (tertiary/aromatic N) is 2. The van der Waals surface area contributed by atoms with Gasteiger partial charge < -0.3 is 10.4 Å². The van der Waals surface area contributed by atoms with Crippen LogP contribution in [0, 0.1) is 0 Å². The highest BCUT2D eigenvalue weighted by atomic mass is 16.3. The smallest absolute Gasteiger partial charge is 0.115 e. The van der Waals surface area contributed by atoms with Gasteiger partial charge in [-0.1, -0.05) is 30.3 Å². The first-order valence-corrected chi connectivity index (χ1v) is 7.99. The number of para-hydroxylation sites is 1. The Hall–Kier alpha value is -2.59. The zero-order chi connectivity index (χ0) is 15.6. The molecule has 1 atom stereocenters. The largest absolute Gasteiger partial charge is 0.508 e. The molecule has 3 aromatic rings. The highest BCUT2D eigenvalue weighted by Gasteiger charge is 2.25. The van der Waals surface area contributed by atoms with Gasteiger partial charge in [-0.15, -0.1) is 0 Å². The molecule has 0 bridgehead atoms. The average molecular weight is 305 g/mol. The average Bonchev–Trinajstić information content (AvgIpc) is 3.25. The fraction of sp³-hybridized carbons (Fsp3) is 0.211. The van der Waals surface area contributed by atoms with E-state index in [0.717, 1.165) is 29.8 Å². The second-order valence-corrected chi connectivity index (χ2v) is 5.89. The predicted molar refractivity (Wildman–Crippen MR) is 90.6 cm³/mol. The Morgan fingerprint density at radius 1 is 1.04 bits per heavy atom. The van der Waals surface area contributed by atoms with Gasteiger partial charge >= 0.3 is 0 Å². The molecule has 1 aliphatic heterocycles. The number of nitrogens with one attached hydrogen (secondary N) is 1. The summed E-state index contributed by atoms with van der Waals surface area (Å²) in [7, 11) is 0. The van der Waals surface area contributed by atoms with Crippen LogP contribution in [0.15, 0.2) is 60.8 Å². The van der Waals surface area contributed by atoms with Crippen LogP contribution in [0.2, 0.25) is 0 Å². The van der Waals surface area contributed by atoms with Crippen LogP contribution in [0.1, 0.15) is 24.6 Å². The minimum absolute atomic E-state index is 0.282. The Labute approximate surface area is 135 Å². The lowest BCUT2D eigenvalue weighted by Gasteiger charge is -2.16. The fourth-order valence-electron chi connectivity index (χ4n) is 3.25. The van der Waals surface area contributed by atoms with Crippen LogP contribution in [-0.4, -0.2) is 21.4 Å². The first-order valence-electron chi connectivity index (χ1n) is 7.99. The van der Waals surface area contributed by atoms with E-state index in [4.69, 9.17) is 0 Å². The van der Waals surface area contributed by atoms with E-state index in [1.165, 1.54) is 12.1 Å². The number of aromatic nitrogens is 2. The Bertz CT molecular complexity index is 787. The molecule has 2 aromatic carbocycles. The van der Waals surface area contributed by atoms with E-state index in [2.05, 4.69) is 22.5 Å². The maximum absolute atomic E-state index is 9.53. The molecule has 116 valence electrons. The van der Waals surface area contributed by atoms with Gasteiger partial charge in [0.1, 0.15) is 5.75 Å². The van der Waals surface area contributed by atoms with Crippen molar-refractivity contribution < 1.29 is 5.11 Å². The monoisotopic (exact) mass is 305 g/mol. The standard InChI is InChI=1S/C19H19N3O/c23-16-10-8-14(9-11-16)17-13-21-22(15-5-2-1-3-6-15)19(17)18-7-4-12-20-18/h1-3,5-6,8-11,13,18,20,23H,4,7,12H2. The highest BCUT2D eigenvalue weighted by Crippen LogP contribution is 2.34. The van der Waals surface area contributed by atoms with E-state index in [-0.39, 0.29) is 5.75 Å². The van der Waals surface area contributed by atoms with E-state index in [1.807, 2.05) is 41.2 Å². The molecular weight excluding hydrogens is 286 g/mol. The van der Waals surface area contributed by atoms with Crippen LogP contribution in [-0.2, 0) is 0 Å². The fourth-order valence-corrected chi connectivity index (χ4v) is 3.25. The second kappa shape index (κ2) is 5.89. The molecule has 0 amide bonds. The molecule has 0 spiro atoms. The van der Waals surface area contributed by atoms with Crippen molar-refractivity contribution in [3.63, 3.8) is 0 Å². The summed E-state index contributed by atoms with van der Waals surface area (Å²) in [6.45, 7) is 1.04. The number of hydrogen-bond donors (Lipinski definition) is 2. The zero-order valence-electron chi connectivity index (χ0n) is 12.8. The molecule has 1 fully saturated rings. The first kappa shape index (κ1) is 14.0. The van der Waals surface area contributed by atoms with Crippen LogP contribution < -0.4 is 5.32 Å². The maximum Gasteiger partial charge on any atom is 0.115 e. The lowest BCUT2D eigenvalue weighted by atomic mass is 10.0. The quantitative estimate of drug-likeness (QED) is 0.776. The maximum atomic E-state index is 9.53. The Kier molecular flexibility index (Phi) is 3.60. The molecule has 4 nitrogen and oxygen atoms in total. The van der Waals surface area contributed by atoms with Crippen LogP contribution in [0.4, 0.5) is 0 Å². The summed E-state index contributed by atoms with van der Waals surface area (Å²) in [5.41, 5.74) is 4.46. The molecule has 1 aromatic heterocycles. The third-order valence-corrected chi connectivity index (χ3v) is 4.38. The number of benzene rings is 2. The lowest BCUT2D eigenvalue weighted by Crippen LogP contribution is -2.17. The third kappa shape index (κ3) is 2.62. The van der Waals surface area contributed by atoms with E-state index < -0.39 is 0 Å². The van der Waals surface area contributed by atoms with Gasteiger partial charge in [0.25, 0.3) is 0 Å². The van der Waals surface area contributed by atoms with E-state index in [1.54, 1.807) is 12.1 Å². The van der Waals surface area contributed by atoms with Crippen molar-refractivity contribution in [2.24, 2.45) is 0 Å². The first-order chi connectivity index (χ1) is 11.3. The van der Waals surface area contributed by atoms with Crippen molar-refractivity contribution in [1.82, 2.24) is 15.1 Å². The molecule has 1 saturated heterocycles. The predicted octanol–water partition coefficient (Wildman–Crippen LogP) is 3.67. The Balaban J connectivity index is 1.86. The van der Waals surface area contributed by atoms with Gasteiger partial charge in [-0.25, -0.2) is 4.68 Å². The van der Waals surface area contributed by atoms with E-state index in [9.17, 15) is 5.11 Å². The lowest BCUT2D eigenvalue weighted by molar-refractivity contribution is 0.475. The summed E-state index contributed by atoms with van der Waals surface area (Å²) in [5, 5.41) is 17.8. The number of phenols is 1. The Morgan fingerprint density at radius 2 is 1.83 bits per heavy atom. The summed E-state index contributed by atoms with van der Waals surface area (Å²) in [6, 6.07) is 17.9. The summed E-state index contributed by atoms with van der Waals surface area (Å²) < 4.78 is 2.03. The molecule has 0 saturated carbocycles. The number of aromatic hydroxyl groups is 1. The normalized spacial score (nSPS) is 17.5. The van der Waals surface area contributed by atoms with Crippen LogP contribution >= 0.6 is 0 Å². The molecule has 2 N–H and O–H groups in total. The van der Waals surface area contributed by atoms with Crippen LogP contribution in [0.25, 0.3) is 16.8 Å². The third-order valence-electron chi connectivity index (χ3n) is 4.38. The van der Waals surface area contributed by atoms with Gasteiger partial charge in [-0.2, -0.15) is 5.10 Å². The molecule has 1 aliphatic rings. The second-order valence-electron chi connectivity index (χ2n) is 5.89. The zero-order valence-corrected chi connectivity index (χ0v) is 12.8. The van der Waals surface area contributed by atoms with Gasteiger partial charge in [-0.05, 0) is 49.2 Å². The number of rotatable bonds is 3. The van der Waals surface area contributed by atoms with Gasteiger partial charge in [0, 0.05) is 5.56 Å². The van der Waals surface area contributed by atoms with E-state index in [0.29, 0.717) is 6.04 Å². The van der Waals surface area contributed by atoms with Crippen molar-refractivity contribution in [3.05, 3.63) is 66.5 Å². The van der Waals surface area contributed by atoms with Gasteiger partial charge in [0.2, 0.25) is 0 Å². The number of hydrogen-bond acceptors (Lipinski definition) is 3. The van der Waals surface area contributed by atoms with Gasteiger partial charge in [-0.3, -0.25) is 0 Å². The summed E-state index contributed by atoms with van der Waals surface area (Å²) in [5.74, 6) is 0.282. The Morgan fingerprint density at radius 3 is 2.52 bits per heavy atom. The molecule has 23 heavy (non-hydrogen) atoms. The minimum Gasteiger partial charge on any atom is -0.508 e. The van der Waals surface area contributed by atoms with Crippen molar-refractivity contribution in [1.29, 1.82) is 0 Å². The topological polar surface area (TPSA) is 50.1 Å². The van der Waals surface area contributed by atoms with Crippen LogP contribution in [0.3, 0.4) is 0 Å². The van der Waals surface area contributed by atoms with Crippen LogP contribution in [0.5, 0.6) is 5.75 Å². The summed E-state index contributed by atoms with van der Waals surface area (Å²) in [4.78, 5) is 0.